The minimum atomic E-state index is -1.02. The molecule has 0 spiro atoms. The van der Waals surface area contributed by atoms with Crippen LogP contribution in [0.3, 0.4) is 0 Å². The van der Waals surface area contributed by atoms with Crippen molar-refractivity contribution < 1.29 is 17.6 Å². The zero-order valence-electron chi connectivity index (χ0n) is 16.7. The van der Waals surface area contributed by atoms with Gasteiger partial charge in [-0.2, -0.15) is 0 Å². The van der Waals surface area contributed by atoms with Gasteiger partial charge in [-0.3, -0.25) is 0 Å². The number of halogens is 4. The van der Waals surface area contributed by atoms with Crippen molar-refractivity contribution in [1.82, 2.24) is 0 Å². The molecule has 0 radical (unpaired) electrons. The van der Waals surface area contributed by atoms with Gasteiger partial charge < -0.3 is 22.9 Å². The molecule has 0 unspecified atom stereocenters. The summed E-state index contributed by atoms with van der Waals surface area (Å²) >= 11 is 0. The third-order valence-electron chi connectivity index (χ3n) is 4.64. The van der Waals surface area contributed by atoms with Gasteiger partial charge in [0.1, 0.15) is 11.6 Å². The van der Waals surface area contributed by atoms with Gasteiger partial charge in [0, 0.05) is 22.5 Å². The second kappa shape index (κ2) is 9.30. The fraction of sp³-hybridized carbons (Fsp3) is 0. The molecule has 0 saturated carbocycles. The van der Waals surface area contributed by atoms with E-state index in [1.165, 1.54) is 36.4 Å². The first-order valence-corrected chi connectivity index (χ1v) is 9.37. The second-order valence-electron chi connectivity index (χ2n) is 6.93. The summed E-state index contributed by atoms with van der Waals surface area (Å²) in [7, 11) is 0. The van der Waals surface area contributed by atoms with Gasteiger partial charge in [-0.25, -0.2) is 17.6 Å². The van der Waals surface area contributed by atoms with Crippen molar-refractivity contribution in [3.63, 3.8) is 0 Å². The van der Waals surface area contributed by atoms with E-state index < -0.39 is 23.3 Å². The molecule has 0 aliphatic carbocycles. The summed E-state index contributed by atoms with van der Waals surface area (Å²) in [4.78, 5) is 0. The molecule has 4 rings (SSSR count). The normalized spacial score (nSPS) is 10.4. The molecule has 0 bridgehead atoms. The first-order valence-electron chi connectivity index (χ1n) is 9.37. The lowest BCUT2D eigenvalue weighted by atomic mass is 10.0. The zero-order chi connectivity index (χ0) is 23.4. The van der Waals surface area contributed by atoms with Crippen molar-refractivity contribution in [2.75, 3.05) is 22.9 Å². The SMILES string of the molecule is Nc1ccc(-c2ccc(N)c(F)c2)c(F)c1.Nc1ccc(-c2ccc(N)c(F)c2F)cc1. The van der Waals surface area contributed by atoms with Crippen LogP contribution in [0.15, 0.2) is 72.8 Å². The molecule has 0 atom stereocenters. The van der Waals surface area contributed by atoms with E-state index in [0.29, 0.717) is 28.1 Å². The lowest BCUT2D eigenvalue weighted by Gasteiger charge is -2.06. The van der Waals surface area contributed by atoms with Crippen LogP contribution >= 0.6 is 0 Å². The maximum Gasteiger partial charge on any atom is 0.182 e. The lowest BCUT2D eigenvalue weighted by molar-refractivity contribution is 0.514. The van der Waals surface area contributed by atoms with E-state index in [1.54, 1.807) is 36.4 Å². The Hall–Kier alpha value is -4.20. The van der Waals surface area contributed by atoms with Gasteiger partial charge in [0.2, 0.25) is 0 Å². The highest BCUT2D eigenvalue weighted by Crippen LogP contribution is 2.28. The minimum absolute atomic E-state index is 0.0413. The molecule has 0 aromatic heterocycles. The molecule has 4 aromatic carbocycles. The molecule has 0 fully saturated rings. The number of anilines is 4. The quantitative estimate of drug-likeness (QED) is 0.241. The lowest BCUT2D eigenvalue weighted by Crippen LogP contribution is -1.96. The van der Waals surface area contributed by atoms with Gasteiger partial charge in [-0.05, 0) is 65.7 Å². The van der Waals surface area contributed by atoms with Crippen LogP contribution in [0.25, 0.3) is 22.3 Å². The number of hydrogen-bond donors (Lipinski definition) is 4. The molecule has 32 heavy (non-hydrogen) atoms. The van der Waals surface area contributed by atoms with Crippen molar-refractivity contribution in [3.8, 4) is 22.3 Å². The average molecular weight is 440 g/mol. The summed E-state index contributed by atoms with van der Waals surface area (Å²) in [6.07, 6.45) is 0. The maximum absolute atomic E-state index is 13.6. The van der Waals surface area contributed by atoms with Crippen LogP contribution < -0.4 is 22.9 Å². The van der Waals surface area contributed by atoms with Crippen LogP contribution in [-0.2, 0) is 0 Å². The third kappa shape index (κ3) is 4.92. The molecule has 4 aromatic rings. The molecule has 4 nitrogen and oxygen atoms in total. The number of benzene rings is 4. The van der Waals surface area contributed by atoms with E-state index in [0.717, 1.165) is 0 Å². The summed E-state index contributed by atoms with van der Waals surface area (Å²) in [6, 6.07) is 17.7. The molecular formula is C24H20F4N4. The van der Waals surface area contributed by atoms with Crippen LogP contribution in [0, 0.1) is 23.3 Å². The molecule has 0 heterocycles. The Balaban J connectivity index is 0.000000181. The molecule has 0 aliphatic heterocycles. The average Bonchev–Trinajstić information content (AvgIpc) is 2.76. The van der Waals surface area contributed by atoms with Crippen LogP contribution in [0.5, 0.6) is 0 Å². The Labute approximate surface area is 182 Å². The van der Waals surface area contributed by atoms with E-state index in [9.17, 15) is 17.6 Å². The number of hydrogen-bond acceptors (Lipinski definition) is 4. The number of rotatable bonds is 2. The topological polar surface area (TPSA) is 104 Å². The molecule has 164 valence electrons. The Morgan fingerprint density at radius 2 is 1.00 bits per heavy atom. The Bertz CT molecular complexity index is 1260. The van der Waals surface area contributed by atoms with Crippen molar-refractivity contribution in [2.45, 2.75) is 0 Å². The van der Waals surface area contributed by atoms with Crippen molar-refractivity contribution in [2.24, 2.45) is 0 Å². The molecule has 8 heteroatoms. The van der Waals surface area contributed by atoms with Crippen LogP contribution in [0.1, 0.15) is 0 Å². The van der Waals surface area contributed by atoms with Crippen LogP contribution in [-0.4, -0.2) is 0 Å². The predicted octanol–water partition coefficient (Wildman–Crippen LogP) is 5.59. The highest BCUT2D eigenvalue weighted by molar-refractivity contribution is 5.69. The Morgan fingerprint density at radius 1 is 0.438 bits per heavy atom. The summed E-state index contributed by atoms with van der Waals surface area (Å²) in [6.45, 7) is 0. The van der Waals surface area contributed by atoms with E-state index in [-0.39, 0.29) is 16.9 Å². The van der Waals surface area contributed by atoms with Gasteiger partial charge in [0.05, 0.1) is 11.4 Å². The minimum Gasteiger partial charge on any atom is -0.399 e. The van der Waals surface area contributed by atoms with Crippen molar-refractivity contribution >= 4 is 22.7 Å². The van der Waals surface area contributed by atoms with Gasteiger partial charge in [-0.15, -0.1) is 0 Å². The van der Waals surface area contributed by atoms with Crippen molar-refractivity contribution in [1.29, 1.82) is 0 Å². The molecule has 0 saturated heterocycles. The van der Waals surface area contributed by atoms with E-state index in [4.69, 9.17) is 22.9 Å². The monoisotopic (exact) mass is 440 g/mol. The first kappa shape index (κ1) is 22.5. The standard InChI is InChI=1S/2C12H10F2N2/c13-10-6-8(15)2-3-9(10)7-1-4-12(16)11(14)5-7;13-11-9(5-6-10(16)12(11)14)7-1-3-8(15)4-2-7/h2*1-6H,15-16H2. The number of nitrogen functional groups attached to an aromatic ring is 4. The predicted molar refractivity (Wildman–Crippen MR) is 121 cm³/mol. The fourth-order valence-corrected chi connectivity index (χ4v) is 2.91. The molecule has 0 aliphatic rings. The van der Waals surface area contributed by atoms with E-state index >= 15 is 0 Å². The van der Waals surface area contributed by atoms with Gasteiger partial charge in [-0.1, -0.05) is 18.2 Å². The second-order valence-corrected chi connectivity index (χ2v) is 6.93. The zero-order valence-corrected chi connectivity index (χ0v) is 16.7. The molecule has 0 amide bonds. The van der Waals surface area contributed by atoms with E-state index in [1.807, 2.05) is 0 Å². The highest BCUT2D eigenvalue weighted by atomic mass is 19.2. The summed E-state index contributed by atoms with van der Waals surface area (Å²) in [5.41, 5.74) is 23.7. The van der Waals surface area contributed by atoms with Crippen LogP contribution in [0.2, 0.25) is 0 Å². The third-order valence-corrected chi connectivity index (χ3v) is 4.64. The summed E-state index contributed by atoms with van der Waals surface area (Å²) in [5, 5.41) is 0. The largest absolute Gasteiger partial charge is 0.399 e. The van der Waals surface area contributed by atoms with Crippen LogP contribution in [0.4, 0.5) is 40.3 Å². The van der Waals surface area contributed by atoms with Crippen molar-refractivity contribution in [3.05, 3.63) is 96.1 Å². The fourth-order valence-electron chi connectivity index (χ4n) is 2.91. The molecule has 8 N–H and O–H groups in total. The highest BCUT2D eigenvalue weighted by Gasteiger charge is 2.12. The first-order chi connectivity index (χ1) is 15.2. The van der Waals surface area contributed by atoms with Gasteiger partial charge in [0.25, 0.3) is 0 Å². The smallest absolute Gasteiger partial charge is 0.182 e. The van der Waals surface area contributed by atoms with Gasteiger partial charge in [0.15, 0.2) is 11.6 Å². The number of nitrogens with two attached hydrogens (primary N) is 4. The maximum atomic E-state index is 13.6. The van der Waals surface area contributed by atoms with E-state index in [2.05, 4.69) is 0 Å². The summed E-state index contributed by atoms with van der Waals surface area (Å²) in [5.74, 6) is -3.00. The molecular weight excluding hydrogens is 420 g/mol. The summed E-state index contributed by atoms with van der Waals surface area (Å²) < 4.78 is 53.5. The van der Waals surface area contributed by atoms with Gasteiger partial charge >= 0.3 is 0 Å². The Morgan fingerprint density at radius 3 is 1.62 bits per heavy atom. The Kier molecular flexibility index (Phi) is 6.53.